The Bertz CT molecular complexity index is 375. The van der Waals surface area contributed by atoms with Crippen LogP contribution in [-0.2, 0) is 6.42 Å². The predicted molar refractivity (Wildman–Crippen MR) is 84.0 cm³/mol. The van der Waals surface area contributed by atoms with Crippen LogP contribution >= 0.6 is 0 Å². The van der Waals surface area contributed by atoms with Crippen molar-refractivity contribution in [3.8, 4) is 0 Å². The van der Waals surface area contributed by atoms with E-state index in [1.165, 1.54) is 56.4 Å². The van der Waals surface area contributed by atoms with Crippen LogP contribution in [0.25, 0.3) is 0 Å². The summed E-state index contributed by atoms with van der Waals surface area (Å²) in [5.41, 5.74) is 3.01. The standard InChI is InChI=1S/C17H28N2/c1-3-12-18-15(2)8-6-13-19-14-7-10-16-9-4-5-11-17(16)19/h4-5,9,11,15,18H,3,6-8,10,12-14H2,1-2H3. The molecule has 0 saturated heterocycles. The number of hydrogen-bond acceptors (Lipinski definition) is 2. The first-order valence-corrected chi connectivity index (χ1v) is 7.87. The molecule has 0 radical (unpaired) electrons. The van der Waals surface area contributed by atoms with Crippen molar-refractivity contribution < 1.29 is 0 Å². The van der Waals surface area contributed by atoms with E-state index in [0.29, 0.717) is 6.04 Å². The smallest absolute Gasteiger partial charge is 0.0398 e. The lowest BCUT2D eigenvalue weighted by molar-refractivity contribution is 0.494. The van der Waals surface area contributed by atoms with Crippen molar-refractivity contribution in [2.45, 2.75) is 52.0 Å². The van der Waals surface area contributed by atoms with Crippen molar-refractivity contribution in [3.63, 3.8) is 0 Å². The molecule has 2 heteroatoms. The van der Waals surface area contributed by atoms with Crippen molar-refractivity contribution in [1.29, 1.82) is 0 Å². The van der Waals surface area contributed by atoms with Gasteiger partial charge in [-0.25, -0.2) is 0 Å². The maximum atomic E-state index is 3.57. The predicted octanol–water partition coefficient (Wildman–Crippen LogP) is 3.61. The number of rotatable bonds is 7. The van der Waals surface area contributed by atoms with Crippen LogP contribution in [0.2, 0.25) is 0 Å². The number of aryl methyl sites for hydroxylation is 1. The highest BCUT2D eigenvalue weighted by atomic mass is 15.1. The molecule has 0 spiro atoms. The molecule has 1 aromatic rings. The van der Waals surface area contributed by atoms with Crippen LogP contribution in [0, 0.1) is 0 Å². The molecule has 1 N–H and O–H groups in total. The Morgan fingerprint density at radius 2 is 2.16 bits per heavy atom. The monoisotopic (exact) mass is 260 g/mol. The summed E-state index contributed by atoms with van der Waals surface area (Å²) < 4.78 is 0. The van der Waals surface area contributed by atoms with Crippen LogP contribution in [-0.4, -0.2) is 25.7 Å². The van der Waals surface area contributed by atoms with Crippen molar-refractivity contribution in [3.05, 3.63) is 29.8 Å². The molecule has 2 rings (SSSR count). The zero-order valence-electron chi connectivity index (χ0n) is 12.5. The zero-order valence-corrected chi connectivity index (χ0v) is 12.5. The van der Waals surface area contributed by atoms with Gasteiger partial charge in [-0.05, 0) is 57.2 Å². The van der Waals surface area contributed by atoms with Crippen LogP contribution in [0.4, 0.5) is 5.69 Å². The summed E-state index contributed by atoms with van der Waals surface area (Å²) in [6.45, 7) is 8.11. The average molecular weight is 260 g/mol. The van der Waals surface area contributed by atoms with Crippen molar-refractivity contribution >= 4 is 5.69 Å². The third kappa shape index (κ3) is 4.24. The van der Waals surface area contributed by atoms with Gasteiger partial charge in [0, 0.05) is 24.8 Å². The van der Waals surface area contributed by atoms with Gasteiger partial charge in [0.2, 0.25) is 0 Å². The maximum absolute atomic E-state index is 3.57. The summed E-state index contributed by atoms with van der Waals surface area (Å²) in [7, 11) is 0. The van der Waals surface area contributed by atoms with E-state index in [9.17, 15) is 0 Å². The Labute approximate surface area is 118 Å². The number of anilines is 1. The van der Waals surface area contributed by atoms with Gasteiger partial charge in [0.1, 0.15) is 0 Å². The minimum Gasteiger partial charge on any atom is -0.371 e. The summed E-state index contributed by atoms with van der Waals surface area (Å²) in [5, 5.41) is 3.57. The van der Waals surface area contributed by atoms with Gasteiger partial charge in [-0.3, -0.25) is 0 Å². The molecule has 1 aliphatic rings. The van der Waals surface area contributed by atoms with Gasteiger partial charge in [-0.15, -0.1) is 0 Å². The number of hydrogen-bond donors (Lipinski definition) is 1. The fourth-order valence-corrected chi connectivity index (χ4v) is 2.92. The van der Waals surface area contributed by atoms with Crippen LogP contribution in [0.1, 0.15) is 45.1 Å². The second kappa shape index (κ2) is 7.54. The molecule has 1 aromatic carbocycles. The van der Waals surface area contributed by atoms with Gasteiger partial charge in [-0.2, -0.15) is 0 Å². The first kappa shape index (κ1) is 14.4. The molecular weight excluding hydrogens is 232 g/mol. The molecule has 2 nitrogen and oxygen atoms in total. The van der Waals surface area contributed by atoms with E-state index in [-0.39, 0.29) is 0 Å². The zero-order chi connectivity index (χ0) is 13.5. The summed E-state index contributed by atoms with van der Waals surface area (Å²) in [6, 6.07) is 9.56. The molecule has 1 aliphatic heterocycles. The van der Waals surface area contributed by atoms with Crippen LogP contribution in [0.3, 0.4) is 0 Å². The quantitative estimate of drug-likeness (QED) is 0.805. The Hall–Kier alpha value is -1.02. The van der Waals surface area contributed by atoms with E-state index >= 15 is 0 Å². The Balaban J connectivity index is 1.78. The van der Waals surface area contributed by atoms with Crippen molar-refractivity contribution in [2.24, 2.45) is 0 Å². The Kier molecular flexibility index (Phi) is 5.71. The van der Waals surface area contributed by atoms with Gasteiger partial charge in [0.15, 0.2) is 0 Å². The van der Waals surface area contributed by atoms with E-state index in [1.54, 1.807) is 0 Å². The SMILES string of the molecule is CCCNC(C)CCCN1CCCc2ccccc21. The summed E-state index contributed by atoms with van der Waals surface area (Å²) in [5.74, 6) is 0. The van der Waals surface area contributed by atoms with Gasteiger partial charge >= 0.3 is 0 Å². The van der Waals surface area contributed by atoms with Gasteiger partial charge in [0.25, 0.3) is 0 Å². The number of benzene rings is 1. The summed E-state index contributed by atoms with van der Waals surface area (Å²) in [6.07, 6.45) is 6.34. The largest absolute Gasteiger partial charge is 0.371 e. The minimum absolute atomic E-state index is 0.653. The van der Waals surface area contributed by atoms with E-state index in [1.807, 2.05) is 0 Å². The maximum Gasteiger partial charge on any atom is 0.0398 e. The second-order valence-electron chi connectivity index (χ2n) is 5.72. The van der Waals surface area contributed by atoms with Crippen LogP contribution in [0.5, 0.6) is 0 Å². The molecular formula is C17H28N2. The van der Waals surface area contributed by atoms with Crippen molar-refractivity contribution in [1.82, 2.24) is 5.32 Å². The van der Waals surface area contributed by atoms with E-state index in [2.05, 4.69) is 48.3 Å². The molecule has 1 heterocycles. The fraction of sp³-hybridized carbons (Fsp3) is 0.647. The molecule has 106 valence electrons. The fourth-order valence-electron chi connectivity index (χ4n) is 2.92. The summed E-state index contributed by atoms with van der Waals surface area (Å²) in [4.78, 5) is 2.57. The molecule has 1 atom stereocenters. The molecule has 19 heavy (non-hydrogen) atoms. The lowest BCUT2D eigenvalue weighted by atomic mass is 10.0. The Morgan fingerprint density at radius 3 is 3.00 bits per heavy atom. The highest BCUT2D eigenvalue weighted by Crippen LogP contribution is 2.26. The van der Waals surface area contributed by atoms with E-state index in [4.69, 9.17) is 0 Å². The highest BCUT2D eigenvalue weighted by molar-refractivity contribution is 5.55. The molecule has 0 aliphatic carbocycles. The average Bonchev–Trinajstić information content (AvgIpc) is 2.45. The second-order valence-corrected chi connectivity index (χ2v) is 5.72. The number of nitrogens with one attached hydrogen (secondary N) is 1. The summed E-state index contributed by atoms with van der Waals surface area (Å²) >= 11 is 0. The molecule has 0 amide bonds. The number of fused-ring (bicyclic) bond motifs is 1. The first-order valence-electron chi connectivity index (χ1n) is 7.87. The topological polar surface area (TPSA) is 15.3 Å². The van der Waals surface area contributed by atoms with Crippen LogP contribution in [0.15, 0.2) is 24.3 Å². The third-order valence-electron chi connectivity index (χ3n) is 4.01. The molecule has 0 saturated carbocycles. The minimum atomic E-state index is 0.653. The number of nitrogens with zero attached hydrogens (tertiary/aromatic N) is 1. The van der Waals surface area contributed by atoms with Gasteiger partial charge < -0.3 is 10.2 Å². The van der Waals surface area contributed by atoms with Gasteiger partial charge in [0.05, 0.1) is 0 Å². The first-order chi connectivity index (χ1) is 9.31. The Morgan fingerprint density at radius 1 is 1.32 bits per heavy atom. The molecule has 0 aromatic heterocycles. The molecule has 0 fully saturated rings. The van der Waals surface area contributed by atoms with E-state index < -0.39 is 0 Å². The van der Waals surface area contributed by atoms with E-state index in [0.717, 1.165) is 6.54 Å². The number of para-hydroxylation sites is 1. The van der Waals surface area contributed by atoms with Gasteiger partial charge in [-0.1, -0.05) is 25.1 Å². The molecule has 0 bridgehead atoms. The lowest BCUT2D eigenvalue weighted by Crippen LogP contribution is -2.32. The lowest BCUT2D eigenvalue weighted by Gasteiger charge is -2.31. The third-order valence-corrected chi connectivity index (χ3v) is 4.01. The normalized spacial score (nSPS) is 16.2. The van der Waals surface area contributed by atoms with Crippen LogP contribution < -0.4 is 10.2 Å². The van der Waals surface area contributed by atoms with Crippen molar-refractivity contribution in [2.75, 3.05) is 24.5 Å². The highest BCUT2D eigenvalue weighted by Gasteiger charge is 2.15. The molecule has 1 unspecified atom stereocenters.